The maximum absolute atomic E-state index is 12.5. The average molecular weight is 1070 g/mol. The van der Waals surface area contributed by atoms with Crippen LogP contribution >= 0.6 is 0 Å². The lowest BCUT2D eigenvalue weighted by Crippen LogP contribution is -2.45. The van der Waals surface area contributed by atoms with E-state index in [-0.39, 0.29) is 18.5 Å². The van der Waals surface area contributed by atoms with Crippen LogP contribution in [0.4, 0.5) is 0 Å². The van der Waals surface area contributed by atoms with Crippen LogP contribution in [0.1, 0.15) is 399 Å². The molecular weight excluding hydrogens is 935 g/mol. The highest BCUT2D eigenvalue weighted by atomic mass is 16.5. The number of amides is 1. The molecule has 6 heteroatoms. The first-order valence-electron chi connectivity index (χ1n) is 35.0. The number of aliphatic hydroxyl groups excluding tert-OH is 2. The van der Waals surface area contributed by atoms with Crippen LogP contribution < -0.4 is 5.32 Å². The Balaban J connectivity index is 3.34. The van der Waals surface area contributed by atoms with E-state index in [0.717, 1.165) is 38.5 Å². The second-order valence-electron chi connectivity index (χ2n) is 24.2. The number of unbranched alkanes of at least 4 members (excludes halogenated alkanes) is 55. The van der Waals surface area contributed by atoms with Gasteiger partial charge < -0.3 is 20.3 Å². The van der Waals surface area contributed by atoms with E-state index in [0.29, 0.717) is 19.4 Å². The van der Waals surface area contributed by atoms with Crippen molar-refractivity contribution in [2.24, 2.45) is 0 Å². The van der Waals surface area contributed by atoms with Gasteiger partial charge in [-0.25, -0.2) is 0 Å². The summed E-state index contributed by atoms with van der Waals surface area (Å²) in [5, 5.41) is 23.2. The number of esters is 1. The minimum Gasteiger partial charge on any atom is -0.466 e. The molecule has 76 heavy (non-hydrogen) atoms. The first-order chi connectivity index (χ1) is 37.5. The van der Waals surface area contributed by atoms with E-state index in [1.165, 1.54) is 334 Å². The molecule has 0 radical (unpaired) electrons. The summed E-state index contributed by atoms with van der Waals surface area (Å²) in [4.78, 5) is 24.6. The number of aliphatic hydroxyl groups is 2. The van der Waals surface area contributed by atoms with Gasteiger partial charge in [-0.05, 0) is 32.1 Å². The summed E-state index contributed by atoms with van der Waals surface area (Å²) in [7, 11) is 0. The number of carbonyl (C=O) groups is 2. The van der Waals surface area contributed by atoms with Crippen LogP contribution in [-0.2, 0) is 14.3 Å². The maximum Gasteiger partial charge on any atom is 0.305 e. The Morgan fingerprint density at radius 3 is 0.895 bits per heavy atom. The second kappa shape index (κ2) is 66.1. The number of ether oxygens (including phenoxy) is 1. The molecule has 0 bridgehead atoms. The smallest absolute Gasteiger partial charge is 0.305 e. The monoisotopic (exact) mass is 1070 g/mol. The molecule has 0 spiro atoms. The highest BCUT2D eigenvalue weighted by Gasteiger charge is 2.18. The third-order valence-corrected chi connectivity index (χ3v) is 16.6. The van der Waals surface area contributed by atoms with Gasteiger partial charge in [-0.3, -0.25) is 9.59 Å². The second-order valence-corrected chi connectivity index (χ2v) is 24.2. The SMILES string of the molecule is CCCCCCCCCCCCCCC/C=C/C(O)C(CO)NC(=O)CCCCCCCCCCCCCCCCCCCCCCCCCCCCCOC(=O)CCCCCCCCCCCCCCCCCCC. The molecule has 1 amide bonds. The van der Waals surface area contributed by atoms with Crippen LogP contribution in [0.2, 0.25) is 0 Å². The third-order valence-electron chi connectivity index (χ3n) is 16.6. The van der Waals surface area contributed by atoms with Gasteiger partial charge in [0, 0.05) is 12.8 Å². The Bertz CT molecular complexity index is 1140. The van der Waals surface area contributed by atoms with Crippen molar-refractivity contribution in [3.8, 4) is 0 Å². The van der Waals surface area contributed by atoms with Crippen molar-refractivity contribution in [3.05, 3.63) is 12.2 Å². The van der Waals surface area contributed by atoms with Crippen LogP contribution in [0, 0.1) is 0 Å². The zero-order chi connectivity index (χ0) is 55.0. The van der Waals surface area contributed by atoms with E-state index in [1.807, 2.05) is 6.08 Å². The van der Waals surface area contributed by atoms with E-state index in [4.69, 9.17) is 4.74 Å². The van der Waals surface area contributed by atoms with E-state index in [1.54, 1.807) is 6.08 Å². The Labute approximate surface area is 476 Å². The number of allylic oxidation sites excluding steroid dienone is 1. The quantitative estimate of drug-likeness (QED) is 0.0320. The molecule has 3 N–H and O–H groups in total. The molecule has 0 saturated carbocycles. The molecule has 0 aromatic rings. The van der Waals surface area contributed by atoms with E-state index in [2.05, 4.69) is 19.2 Å². The summed E-state index contributed by atoms with van der Waals surface area (Å²) >= 11 is 0. The number of hydrogen-bond acceptors (Lipinski definition) is 5. The van der Waals surface area contributed by atoms with Crippen molar-refractivity contribution in [1.29, 1.82) is 0 Å². The fourth-order valence-corrected chi connectivity index (χ4v) is 11.2. The predicted molar refractivity (Wildman–Crippen MR) is 333 cm³/mol. The number of rotatable bonds is 66. The van der Waals surface area contributed by atoms with Gasteiger partial charge in [-0.15, -0.1) is 0 Å². The standard InChI is InChI=1S/C70H137NO5/c1-3-5-7-9-11-13-15-17-19-31-36-40-44-48-52-56-60-64-70(75)76-65-61-57-53-49-45-41-37-33-30-28-26-24-22-20-21-23-25-27-29-32-35-39-43-47-51-55-59-63-69(74)71-67(66-72)68(73)62-58-54-50-46-42-38-34-18-16-14-12-10-8-6-4-2/h58,62,67-68,72-73H,3-57,59-61,63-66H2,1-2H3,(H,71,74)/b62-58+. The Hall–Kier alpha value is -1.40. The molecule has 2 unspecified atom stereocenters. The van der Waals surface area contributed by atoms with Crippen molar-refractivity contribution < 1.29 is 24.5 Å². The fraction of sp³-hybridized carbons (Fsp3) is 0.943. The normalized spacial score (nSPS) is 12.5. The summed E-state index contributed by atoms with van der Waals surface area (Å²) in [6, 6.07) is -0.625. The molecule has 0 rings (SSSR count). The Morgan fingerprint density at radius 2 is 0.605 bits per heavy atom. The van der Waals surface area contributed by atoms with Gasteiger partial charge >= 0.3 is 5.97 Å². The zero-order valence-corrected chi connectivity index (χ0v) is 51.8. The first-order valence-corrected chi connectivity index (χ1v) is 35.0. The molecule has 0 aliphatic heterocycles. The molecule has 2 atom stereocenters. The van der Waals surface area contributed by atoms with Crippen LogP contribution in [0.3, 0.4) is 0 Å². The molecule has 0 saturated heterocycles. The lowest BCUT2D eigenvalue weighted by molar-refractivity contribution is -0.143. The van der Waals surface area contributed by atoms with Crippen LogP contribution in [0.25, 0.3) is 0 Å². The minimum atomic E-state index is -0.841. The minimum absolute atomic E-state index is 0.0226. The molecule has 0 aromatic heterocycles. The van der Waals surface area contributed by atoms with Gasteiger partial charge in [-0.1, -0.05) is 366 Å². The molecular formula is C70H137NO5. The third kappa shape index (κ3) is 61.8. The van der Waals surface area contributed by atoms with Crippen molar-refractivity contribution in [3.63, 3.8) is 0 Å². The van der Waals surface area contributed by atoms with Crippen molar-refractivity contribution in [2.45, 2.75) is 411 Å². The van der Waals surface area contributed by atoms with E-state index >= 15 is 0 Å². The fourth-order valence-electron chi connectivity index (χ4n) is 11.2. The summed E-state index contributed by atoms with van der Waals surface area (Å²) in [6.07, 6.45) is 81.5. The molecule has 452 valence electrons. The lowest BCUT2D eigenvalue weighted by atomic mass is 10.0. The molecule has 0 aromatic carbocycles. The Morgan fingerprint density at radius 1 is 0.355 bits per heavy atom. The van der Waals surface area contributed by atoms with Gasteiger partial charge in [-0.2, -0.15) is 0 Å². The van der Waals surface area contributed by atoms with Crippen molar-refractivity contribution in [1.82, 2.24) is 5.32 Å². The lowest BCUT2D eigenvalue weighted by Gasteiger charge is -2.20. The van der Waals surface area contributed by atoms with Crippen LogP contribution in [-0.4, -0.2) is 47.4 Å². The summed E-state index contributed by atoms with van der Waals surface area (Å²) in [5.74, 6) is -0.0398. The molecule has 0 aliphatic rings. The number of carbonyl (C=O) groups excluding carboxylic acids is 2. The summed E-state index contributed by atoms with van der Waals surface area (Å²) in [5.41, 5.74) is 0. The number of nitrogens with one attached hydrogen (secondary N) is 1. The van der Waals surface area contributed by atoms with Gasteiger partial charge in [0.05, 0.1) is 25.4 Å². The maximum atomic E-state index is 12.5. The van der Waals surface area contributed by atoms with Gasteiger partial charge in [0.15, 0.2) is 0 Å². The van der Waals surface area contributed by atoms with Crippen molar-refractivity contribution >= 4 is 11.9 Å². The molecule has 6 nitrogen and oxygen atoms in total. The summed E-state index contributed by atoms with van der Waals surface area (Å²) < 4.78 is 5.51. The van der Waals surface area contributed by atoms with Gasteiger partial charge in [0.2, 0.25) is 5.91 Å². The van der Waals surface area contributed by atoms with Crippen molar-refractivity contribution in [2.75, 3.05) is 13.2 Å². The van der Waals surface area contributed by atoms with Gasteiger partial charge in [0.25, 0.3) is 0 Å². The molecule has 0 aliphatic carbocycles. The van der Waals surface area contributed by atoms with Crippen LogP contribution in [0.5, 0.6) is 0 Å². The number of hydrogen-bond donors (Lipinski definition) is 3. The molecule has 0 heterocycles. The Kier molecular flexibility index (Phi) is 64.9. The van der Waals surface area contributed by atoms with Crippen LogP contribution in [0.15, 0.2) is 12.2 Å². The van der Waals surface area contributed by atoms with E-state index < -0.39 is 12.1 Å². The highest BCUT2D eigenvalue weighted by Crippen LogP contribution is 2.19. The van der Waals surface area contributed by atoms with E-state index in [9.17, 15) is 19.8 Å². The van der Waals surface area contributed by atoms with Gasteiger partial charge in [0.1, 0.15) is 0 Å². The highest BCUT2D eigenvalue weighted by molar-refractivity contribution is 5.76. The summed E-state index contributed by atoms with van der Waals surface area (Å²) in [6.45, 7) is 4.95. The zero-order valence-electron chi connectivity index (χ0n) is 51.8. The molecule has 0 fully saturated rings. The largest absolute Gasteiger partial charge is 0.466 e. The predicted octanol–water partition coefficient (Wildman–Crippen LogP) is 22.4. The average Bonchev–Trinajstić information content (AvgIpc) is 3.42. The topological polar surface area (TPSA) is 95.9 Å². The first kappa shape index (κ1) is 74.6.